The molecule has 0 saturated carbocycles. The number of hydrogen-bond donors (Lipinski definition) is 2. The predicted molar refractivity (Wildman–Crippen MR) is 128 cm³/mol. The third-order valence-electron chi connectivity index (χ3n) is 5.15. The van der Waals surface area contributed by atoms with Crippen LogP contribution in [-0.2, 0) is 4.79 Å². The van der Waals surface area contributed by atoms with Gasteiger partial charge in [0.15, 0.2) is 0 Å². The summed E-state index contributed by atoms with van der Waals surface area (Å²) >= 11 is 12.4. The molecule has 0 bridgehead atoms. The van der Waals surface area contributed by atoms with Crippen LogP contribution in [-0.4, -0.2) is 53.8 Å². The predicted octanol–water partition coefficient (Wildman–Crippen LogP) is 5.03. The minimum Gasteiger partial charge on any atom is -0.335 e. The van der Waals surface area contributed by atoms with Gasteiger partial charge in [-0.3, -0.25) is 9.59 Å². The summed E-state index contributed by atoms with van der Waals surface area (Å²) in [5.74, 6) is -0.511. The molecule has 9 heteroatoms. The van der Waals surface area contributed by atoms with Gasteiger partial charge in [-0.05, 0) is 43.2 Å². The lowest BCUT2D eigenvalue weighted by Crippen LogP contribution is -2.51. The Balaban J connectivity index is 1.67. The number of rotatable bonds is 5. The first-order valence-electron chi connectivity index (χ1n) is 10.5. The smallest absolute Gasteiger partial charge is 0.321 e. The molecule has 32 heavy (non-hydrogen) atoms. The molecule has 4 amide bonds. The van der Waals surface area contributed by atoms with Crippen LogP contribution >= 0.6 is 23.2 Å². The number of benzene rings is 2. The number of halogens is 2. The van der Waals surface area contributed by atoms with Gasteiger partial charge < -0.3 is 20.4 Å². The van der Waals surface area contributed by atoms with Gasteiger partial charge in [0.25, 0.3) is 5.91 Å². The second-order valence-electron chi connectivity index (χ2n) is 7.69. The number of aryl methyl sites for hydroxylation is 1. The van der Waals surface area contributed by atoms with Gasteiger partial charge in [-0.15, -0.1) is 0 Å². The standard InChI is InChI=1S/C23H26Cl2N4O3/c1-3-5-20(30)27-21-18(13-16(24)14-19(21)25)22(31)28-8-10-29(11-9-28)23(32)26-17-7-4-6-15(2)12-17/h4,6-7,12-14H,3,5,8-11H2,1-2H3,(H,26,32)(H,27,30). The van der Waals surface area contributed by atoms with E-state index in [0.29, 0.717) is 44.0 Å². The van der Waals surface area contributed by atoms with E-state index in [1.54, 1.807) is 9.80 Å². The molecule has 1 heterocycles. The zero-order valence-corrected chi connectivity index (χ0v) is 19.6. The summed E-state index contributed by atoms with van der Waals surface area (Å²) in [5, 5.41) is 6.14. The zero-order valence-electron chi connectivity index (χ0n) is 18.1. The second-order valence-corrected chi connectivity index (χ2v) is 8.53. The summed E-state index contributed by atoms with van der Waals surface area (Å²) in [6, 6.07) is 10.4. The Hall–Kier alpha value is -2.77. The van der Waals surface area contributed by atoms with E-state index in [1.807, 2.05) is 38.1 Å². The van der Waals surface area contributed by atoms with Gasteiger partial charge in [0.05, 0.1) is 16.3 Å². The maximum atomic E-state index is 13.2. The number of urea groups is 1. The fourth-order valence-corrected chi connectivity index (χ4v) is 4.05. The number of nitrogens with one attached hydrogen (secondary N) is 2. The van der Waals surface area contributed by atoms with Crippen molar-refractivity contribution in [3.05, 3.63) is 57.6 Å². The van der Waals surface area contributed by atoms with E-state index in [9.17, 15) is 14.4 Å². The third-order valence-corrected chi connectivity index (χ3v) is 5.67. The molecule has 2 aromatic rings. The first-order valence-corrected chi connectivity index (χ1v) is 11.2. The lowest BCUT2D eigenvalue weighted by atomic mass is 10.1. The van der Waals surface area contributed by atoms with E-state index >= 15 is 0 Å². The molecule has 2 N–H and O–H groups in total. The SMILES string of the molecule is CCCC(=O)Nc1c(Cl)cc(Cl)cc1C(=O)N1CCN(C(=O)Nc2cccc(C)c2)CC1. The topological polar surface area (TPSA) is 81.8 Å². The molecule has 1 aliphatic heterocycles. The highest BCUT2D eigenvalue weighted by Gasteiger charge is 2.27. The molecule has 0 aromatic heterocycles. The summed E-state index contributed by atoms with van der Waals surface area (Å²) < 4.78 is 0. The summed E-state index contributed by atoms with van der Waals surface area (Å²) in [6.07, 6.45) is 0.994. The van der Waals surface area contributed by atoms with Crippen molar-refractivity contribution in [2.75, 3.05) is 36.8 Å². The fourth-order valence-electron chi connectivity index (χ4n) is 3.51. The second kappa shape index (κ2) is 10.7. The van der Waals surface area contributed by atoms with E-state index in [0.717, 1.165) is 11.3 Å². The number of carbonyl (C=O) groups excluding carboxylic acids is 3. The first kappa shape index (κ1) is 23.9. The highest BCUT2D eigenvalue weighted by atomic mass is 35.5. The number of anilines is 2. The van der Waals surface area contributed by atoms with Crippen LogP contribution in [0.25, 0.3) is 0 Å². The minimum absolute atomic E-state index is 0.207. The Morgan fingerprint density at radius 1 is 0.969 bits per heavy atom. The maximum Gasteiger partial charge on any atom is 0.321 e. The number of hydrogen-bond acceptors (Lipinski definition) is 3. The molecule has 7 nitrogen and oxygen atoms in total. The van der Waals surface area contributed by atoms with Crippen molar-refractivity contribution in [3.63, 3.8) is 0 Å². The summed E-state index contributed by atoms with van der Waals surface area (Å²) in [7, 11) is 0. The van der Waals surface area contributed by atoms with E-state index in [2.05, 4.69) is 10.6 Å². The average Bonchev–Trinajstić information content (AvgIpc) is 2.75. The number of carbonyl (C=O) groups is 3. The molecule has 1 saturated heterocycles. The van der Waals surface area contributed by atoms with E-state index in [4.69, 9.17) is 23.2 Å². The molecular weight excluding hydrogens is 451 g/mol. The van der Waals surface area contributed by atoms with Crippen molar-refractivity contribution in [2.45, 2.75) is 26.7 Å². The highest BCUT2D eigenvalue weighted by Crippen LogP contribution is 2.31. The molecule has 0 spiro atoms. The average molecular weight is 477 g/mol. The van der Waals surface area contributed by atoms with Crippen molar-refractivity contribution in [3.8, 4) is 0 Å². The van der Waals surface area contributed by atoms with Crippen LogP contribution in [0.3, 0.4) is 0 Å². The van der Waals surface area contributed by atoms with Crippen LogP contribution in [0, 0.1) is 6.92 Å². The van der Waals surface area contributed by atoms with Crippen LogP contribution in [0.4, 0.5) is 16.2 Å². The fraction of sp³-hybridized carbons (Fsp3) is 0.348. The lowest BCUT2D eigenvalue weighted by molar-refractivity contribution is -0.116. The molecular formula is C23H26Cl2N4O3. The summed E-state index contributed by atoms with van der Waals surface area (Å²) in [6.45, 7) is 5.33. The molecule has 0 radical (unpaired) electrons. The molecule has 2 aromatic carbocycles. The van der Waals surface area contributed by atoms with Gasteiger partial charge in [-0.1, -0.05) is 42.3 Å². The van der Waals surface area contributed by atoms with Crippen molar-refractivity contribution in [1.82, 2.24) is 9.80 Å². The molecule has 3 rings (SSSR count). The van der Waals surface area contributed by atoms with Crippen LogP contribution in [0.2, 0.25) is 10.0 Å². The minimum atomic E-state index is -0.292. The van der Waals surface area contributed by atoms with Gasteiger partial charge in [0.2, 0.25) is 5.91 Å². The molecule has 0 unspecified atom stereocenters. The molecule has 0 aliphatic carbocycles. The maximum absolute atomic E-state index is 13.2. The third kappa shape index (κ3) is 5.93. The Bertz CT molecular complexity index is 1020. The normalized spacial score (nSPS) is 13.6. The number of piperazine rings is 1. The number of amides is 4. The van der Waals surface area contributed by atoms with Crippen molar-refractivity contribution in [1.29, 1.82) is 0 Å². The van der Waals surface area contributed by atoms with E-state index in [1.165, 1.54) is 12.1 Å². The molecule has 1 fully saturated rings. The molecule has 1 aliphatic rings. The van der Waals surface area contributed by atoms with E-state index in [-0.39, 0.29) is 34.1 Å². The van der Waals surface area contributed by atoms with Crippen LogP contribution in [0.1, 0.15) is 35.7 Å². The first-order chi connectivity index (χ1) is 15.3. The van der Waals surface area contributed by atoms with Crippen LogP contribution < -0.4 is 10.6 Å². The summed E-state index contributed by atoms with van der Waals surface area (Å²) in [4.78, 5) is 41.2. The van der Waals surface area contributed by atoms with Gasteiger partial charge in [0.1, 0.15) is 0 Å². The number of nitrogens with zero attached hydrogens (tertiary/aromatic N) is 2. The van der Waals surface area contributed by atoms with Crippen LogP contribution in [0.15, 0.2) is 36.4 Å². The Morgan fingerprint density at radius 3 is 2.31 bits per heavy atom. The van der Waals surface area contributed by atoms with E-state index < -0.39 is 0 Å². The summed E-state index contributed by atoms with van der Waals surface area (Å²) in [5.41, 5.74) is 2.29. The van der Waals surface area contributed by atoms with Gasteiger partial charge in [0, 0.05) is 43.3 Å². The van der Waals surface area contributed by atoms with Gasteiger partial charge in [-0.2, -0.15) is 0 Å². The quantitative estimate of drug-likeness (QED) is 0.634. The van der Waals surface area contributed by atoms with Gasteiger partial charge in [-0.25, -0.2) is 4.79 Å². The highest BCUT2D eigenvalue weighted by molar-refractivity contribution is 6.38. The van der Waals surface area contributed by atoms with Crippen LogP contribution in [0.5, 0.6) is 0 Å². The largest absolute Gasteiger partial charge is 0.335 e. The lowest BCUT2D eigenvalue weighted by Gasteiger charge is -2.35. The van der Waals surface area contributed by atoms with Crippen molar-refractivity contribution >= 4 is 52.4 Å². The van der Waals surface area contributed by atoms with Crippen molar-refractivity contribution < 1.29 is 14.4 Å². The van der Waals surface area contributed by atoms with Gasteiger partial charge >= 0.3 is 6.03 Å². The Labute approximate surface area is 197 Å². The molecule has 170 valence electrons. The molecule has 0 atom stereocenters. The monoisotopic (exact) mass is 476 g/mol. The van der Waals surface area contributed by atoms with Crippen molar-refractivity contribution in [2.24, 2.45) is 0 Å². The zero-order chi connectivity index (χ0) is 23.3. The Morgan fingerprint density at radius 2 is 1.66 bits per heavy atom. The Kier molecular flexibility index (Phi) is 7.99.